The molecule has 0 saturated carbocycles. The Balaban J connectivity index is 1.55. The predicted octanol–water partition coefficient (Wildman–Crippen LogP) is 0.525. The third kappa shape index (κ3) is 4.20. The van der Waals surface area contributed by atoms with Gasteiger partial charge < -0.3 is 30.3 Å². The van der Waals surface area contributed by atoms with Gasteiger partial charge in [0.2, 0.25) is 5.91 Å². The van der Waals surface area contributed by atoms with Gasteiger partial charge in [-0.3, -0.25) is 9.59 Å². The molecule has 3 N–H and O–H groups in total. The molecular weight excluding hydrogens is 347 g/mol. The SMILES string of the molecule is CC(=O)N1CCO[C@@H](CNC(=O)Nc2cc(F)c3c(c2)NC(=O)CO3)C1. The van der Waals surface area contributed by atoms with Crippen molar-refractivity contribution >= 4 is 29.2 Å². The Bertz CT molecular complexity index is 742. The molecule has 4 amide bonds. The number of nitrogens with one attached hydrogen (secondary N) is 3. The van der Waals surface area contributed by atoms with Gasteiger partial charge in [-0.25, -0.2) is 9.18 Å². The molecule has 1 aromatic rings. The predicted molar refractivity (Wildman–Crippen MR) is 89.5 cm³/mol. The van der Waals surface area contributed by atoms with Gasteiger partial charge in [0.05, 0.1) is 18.4 Å². The van der Waals surface area contributed by atoms with Crippen molar-refractivity contribution in [3.05, 3.63) is 17.9 Å². The number of carbonyl (C=O) groups is 3. The summed E-state index contributed by atoms with van der Waals surface area (Å²) in [6.07, 6.45) is -0.314. The fourth-order valence-electron chi connectivity index (χ4n) is 2.74. The minimum Gasteiger partial charge on any atom is -0.478 e. The van der Waals surface area contributed by atoms with Crippen LogP contribution in [0.3, 0.4) is 0 Å². The van der Waals surface area contributed by atoms with E-state index in [4.69, 9.17) is 9.47 Å². The summed E-state index contributed by atoms with van der Waals surface area (Å²) in [5.41, 5.74) is 0.323. The van der Waals surface area contributed by atoms with E-state index in [-0.39, 0.29) is 42.3 Å². The molecule has 0 radical (unpaired) electrons. The molecule has 2 aliphatic heterocycles. The average Bonchev–Trinajstić information content (AvgIpc) is 2.60. The second-order valence-corrected chi connectivity index (χ2v) is 5.96. The smallest absolute Gasteiger partial charge is 0.319 e. The van der Waals surface area contributed by atoms with Gasteiger partial charge in [0, 0.05) is 38.3 Å². The Hall–Kier alpha value is -2.88. The van der Waals surface area contributed by atoms with Gasteiger partial charge in [-0.15, -0.1) is 0 Å². The fraction of sp³-hybridized carbons (Fsp3) is 0.438. The first-order valence-corrected chi connectivity index (χ1v) is 8.10. The van der Waals surface area contributed by atoms with Crippen LogP contribution in [0.15, 0.2) is 12.1 Å². The highest BCUT2D eigenvalue weighted by Crippen LogP contribution is 2.33. The molecule has 9 nitrogen and oxygen atoms in total. The molecule has 1 saturated heterocycles. The molecule has 26 heavy (non-hydrogen) atoms. The normalized spacial score (nSPS) is 19.1. The minimum atomic E-state index is -0.689. The van der Waals surface area contributed by atoms with Crippen LogP contribution in [0.2, 0.25) is 0 Å². The van der Waals surface area contributed by atoms with Crippen LogP contribution < -0.4 is 20.7 Å². The summed E-state index contributed by atoms with van der Waals surface area (Å²) in [6, 6.07) is 1.95. The average molecular weight is 366 g/mol. The number of ether oxygens (including phenoxy) is 2. The molecule has 0 bridgehead atoms. The zero-order chi connectivity index (χ0) is 18.7. The lowest BCUT2D eigenvalue weighted by molar-refractivity contribution is -0.136. The summed E-state index contributed by atoms with van der Waals surface area (Å²) in [4.78, 5) is 36.4. The Morgan fingerprint density at radius 2 is 2.23 bits per heavy atom. The van der Waals surface area contributed by atoms with Crippen molar-refractivity contribution in [1.82, 2.24) is 10.2 Å². The highest BCUT2D eigenvalue weighted by atomic mass is 19.1. The molecule has 1 fully saturated rings. The molecule has 0 aliphatic carbocycles. The van der Waals surface area contributed by atoms with Crippen LogP contribution >= 0.6 is 0 Å². The first-order valence-electron chi connectivity index (χ1n) is 8.10. The quantitative estimate of drug-likeness (QED) is 0.723. The van der Waals surface area contributed by atoms with Crippen LogP contribution in [0.4, 0.5) is 20.6 Å². The van der Waals surface area contributed by atoms with Gasteiger partial charge in [0.25, 0.3) is 5.91 Å². The van der Waals surface area contributed by atoms with Crippen LogP contribution in [0, 0.1) is 5.82 Å². The first kappa shape index (κ1) is 17.9. The second kappa shape index (κ2) is 7.56. The van der Waals surface area contributed by atoms with Crippen molar-refractivity contribution in [2.45, 2.75) is 13.0 Å². The van der Waals surface area contributed by atoms with Crippen molar-refractivity contribution in [3.8, 4) is 5.75 Å². The third-order valence-electron chi connectivity index (χ3n) is 4.00. The van der Waals surface area contributed by atoms with Crippen molar-refractivity contribution in [2.24, 2.45) is 0 Å². The van der Waals surface area contributed by atoms with E-state index in [1.807, 2.05) is 0 Å². The number of anilines is 2. The van der Waals surface area contributed by atoms with Gasteiger partial charge in [-0.05, 0) is 6.07 Å². The summed E-state index contributed by atoms with van der Waals surface area (Å²) in [7, 11) is 0. The number of rotatable bonds is 3. The lowest BCUT2D eigenvalue weighted by Gasteiger charge is -2.32. The summed E-state index contributed by atoms with van der Waals surface area (Å²) in [5.74, 6) is -1.19. The molecule has 2 heterocycles. The van der Waals surface area contributed by atoms with Crippen LogP contribution in [0.25, 0.3) is 0 Å². The van der Waals surface area contributed by atoms with E-state index in [1.54, 1.807) is 4.90 Å². The molecule has 0 spiro atoms. The number of carbonyl (C=O) groups excluding carboxylic acids is 3. The summed E-state index contributed by atoms with van der Waals surface area (Å²) < 4.78 is 24.5. The number of urea groups is 1. The minimum absolute atomic E-state index is 0.0449. The number of fused-ring (bicyclic) bond motifs is 1. The lowest BCUT2D eigenvalue weighted by atomic mass is 10.2. The molecule has 140 valence electrons. The van der Waals surface area contributed by atoms with Gasteiger partial charge in [-0.2, -0.15) is 0 Å². The van der Waals surface area contributed by atoms with Crippen molar-refractivity contribution in [2.75, 3.05) is 43.5 Å². The van der Waals surface area contributed by atoms with E-state index in [0.717, 1.165) is 6.07 Å². The Labute approximate surface area is 148 Å². The first-order chi connectivity index (χ1) is 12.4. The van der Waals surface area contributed by atoms with E-state index < -0.39 is 17.8 Å². The van der Waals surface area contributed by atoms with Crippen molar-refractivity contribution < 1.29 is 28.2 Å². The van der Waals surface area contributed by atoms with Gasteiger partial charge in [0.15, 0.2) is 18.2 Å². The molecular formula is C16H19FN4O5. The summed E-state index contributed by atoms with van der Waals surface area (Å²) in [6.45, 7) is 2.75. The topological polar surface area (TPSA) is 109 Å². The maximum absolute atomic E-state index is 14.0. The molecule has 0 aromatic heterocycles. The molecule has 10 heteroatoms. The van der Waals surface area contributed by atoms with Crippen LogP contribution in [-0.4, -0.2) is 61.7 Å². The van der Waals surface area contributed by atoms with Crippen molar-refractivity contribution in [3.63, 3.8) is 0 Å². The molecule has 0 unspecified atom stereocenters. The Morgan fingerprint density at radius 1 is 1.42 bits per heavy atom. The fourth-order valence-corrected chi connectivity index (χ4v) is 2.74. The van der Waals surface area contributed by atoms with E-state index >= 15 is 0 Å². The Kier molecular flexibility index (Phi) is 5.21. The van der Waals surface area contributed by atoms with E-state index in [1.165, 1.54) is 13.0 Å². The third-order valence-corrected chi connectivity index (χ3v) is 4.00. The number of morpholine rings is 1. The highest BCUT2D eigenvalue weighted by Gasteiger charge is 2.23. The maximum atomic E-state index is 14.0. The van der Waals surface area contributed by atoms with E-state index in [0.29, 0.717) is 19.7 Å². The summed E-state index contributed by atoms with van der Waals surface area (Å²) >= 11 is 0. The number of amides is 4. The van der Waals surface area contributed by atoms with E-state index in [9.17, 15) is 18.8 Å². The van der Waals surface area contributed by atoms with Gasteiger partial charge >= 0.3 is 6.03 Å². The number of hydrogen-bond acceptors (Lipinski definition) is 5. The zero-order valence-corrected chi connectivity index (χ0v) is 14.1. The number of benzene rings is 1. The van der Waals surface area contributed by atoms with Gasteiger partial charge in [-0.1, -0.05) is 0 Å². The second-order valence-electron chi connectivity index (χ2n) is 5.96. The van der Waals surface area contributed by atoms with Crippen LogP contribution in [-0.2, 0) is 14.3 Å². The number of hydrogen-bond donors (Lipinski definition) is 3. The van der Waals surface area contributed by atoms with Crippen LogP contribution in [0.5, 0.6) is 5.75 Å². The van der Waals surface area contributed by atoms with Crippen molar-refractivity contribution in [1.29, 1.82) is 0 Å². The van der Waals surface area contributed by atoms with Crippen LogP contribution in [0.1, 0.15) is 6.92 Å². The van der Waals surface area contributed by atoms with Gasteiger partial charge in [0.1, 0.15) is 0 Å². The molecule has 1 aromatic carbocycles. The lowest BCUT2D eigenvalue weighted by Crippen LogP contribution is -2.49. The van der Waals surface area contributed by atoms with E-state index in [2.05, 4.69) is 16.0 Å². The highest BCUT2D eigenvalue weighted by molar-refractivity contribution is 5.97. The molecule has 1 atom stereocenters. The standard InChI is InChI=1S/C16H19FN4O5/c1-9(22)21-2-3-25-11(7-21)6-18-16(24)19-10-4-12(17)15-13(5-10)20-14(23)8-26-15/h4-5,11H,2-3,6-8H2,1H3,(H,20,23)(H2,18,19,24)/t11-/m0/s1. The largest absolute Gasteiger partial charge is 0.478 e. The monoisotopic (exact) mass is 366 g/mol. The Morgan fingerprint density at radius 3 is 3.00 bits per heavy atom. The number of nitrogens with zero attached hydrogens (tertiary/aromatic N) is 1. The summed E-state index contributed by atoms with van der Waals surface area (Å²) in [5, 5.41) is 7.58. The molecule has 3 rings (SSSR count). The maximum Gasteiger partial charge on any atom is 0.319 e. The zero-order valence-electron chi connectivity index (χ0n) is 14.1. The number of halogens is 1. The molecule has 2 aliphatic rings.